The van der Waals surface area contributed by atoms with Crippen LogP contribution in [0.4, 0.5) is 0 Å². The summed E-state index contributed by atoms with van der Waals surface area (Å²) in [6, 6.07) is 0. The van der Waals surface area contributed by atoms with Gasteiger partial charge in [0, 0.05) is 0 Å². The Bertz CT molecular complexity index is 161. The summed E-state index contributed by atoms with van der Waals surface area (Å²) in [6.07, 6.45) is 5.62. The summed E-state index contributed by atoms with van der Waals surface area (Å²) in [7, 11) is 0. The van der Waals surface area contributed by atoms with Gasteiger partial charge in [0.15, 0.2) is 0 Å². The molecule has 1 rings (SSSR count). The number of allylic oxidation sites excluding steroid dienone is 4. The van der Waals surface area contributed by atoms with E-state index >= 15 is 0 Å². The maximum atomic E-state index is 2.28. The first-order chi connectivity index (χ1) is 4.25. The Morgan fingerprint density at radius 2 is 2.22 bits per heavy atom. The van der Waals surface area contributed by atoms with Crippen LogP contribution in [0.1, 0.15) is 27.2 Å². The molecule has 9 heavy (non-hydrogen) atoms. The molecule has 1 atom stereocenters. The standard InChI is InChI=1S/C9H14/c1-4-5-9-6-7(2)8(9)3/h4-5,7H,6H2,1-3H3/b5-4-. The van der Waals surface area contributed by atoms with Gasteiger partial charge in [-0.05, 0) is 31.8 Å². The molecular weight excluding hydrogens is 108 g/mol. The summed E-state index contributed by atoms with van der Waals surface area (Å²) in [6.45, 7) is 6.58. The van der Waals surface area contributed by atoms with Gasteiger partial charge in [-0.3, -0.25) is 0 Å². The summed E-state index contributed by atoms with van der Waals surface area (Å²) < 4.78 is 0. The molecule has 0 fully saturated rings. The Balaban J connectivity index is 2.64. The molecular formula is C9H14. The summed E-state index contributed by atoms with van der Waals surface area (Å²) in [4.78, 5) is 0. The first-order valence-electron chi connectivity index (χ1n) is 3.58. The van der Waals surface area contributed by atoms with Gasteiger partial charge in [0.05, 0.1) is 0 Å². The van der Waals surface area contributed by atoms with Crippen molar-refractivity contribution in [1.29, 1.82) is 0 Å². The van der Waals surface area contributed by atoms with E-state index in [-0.39, 0.29) is 0 Å². The van der Waals surface area contributed by atoms with Crippen LogP contribution in [0.5, 0.6) is 0 Å². The predicted molar refractivity (Wildman–Crippen MR) is 41.3 cm³/mol. The predicted octanol–water partition coefficient (Wildman–Crippen LogP) is 2.92. The minimum atomic E-state index is 0.844. The molecule has 0 aromatic carbocycles. The highest BCUT2D eigenvalue weighted by atomic mass is 14.2. The van der Waals surface area contributed by atoms with E-state index in [1.165, 1.54) is 6.42 Å². The van der Waals surface area contributed by atoms with Gasteiger partial charge in [0.1, 0.15) is 0 Å². The second-order valence-corrected chi connectivity index (χ2v) is 2.81. The fourth-order valence-electron chi connectivity index (χ4n) is 1.23. The molecule has 0 bridgehead atoms. The third kappa shape index (κ3) is 1.07. The van der Waals surface area contributed by atoms with E-state index in [0.29, 0.717) is 0 Å². The number of rotatable bonds is 1. The van der Waals surface area contributed by atoms with Crippen LogP contribution in [-0.2, 0) is 0 Å². The second kappa shape index (κ2) is 2.38. The van der Waals surface area contributed by atoms with E-state index in [2.05, 4.69) is 32.9 Å². The van der Waals surface area contributed by atoms with Crippen molar-refractivity contribution in [2.24, 2.45) is 5.92 Å². The highest BCUT2D eigenvalue weighted by Gasteiger charge is 2.18. The fourth-order valence-corrected chi connectivity index (χ4v) is 1.23. The minimum Gasteiger partial charge on any atom is -0.0874 e. The maximum absolute atomic E-state index is 2.28. The van der Waals surface area contributed by atoms with E-state index in [9.17, 15) is 0 Å². The van der Waals surface area contributed by atoms with Crippen molar-refractivity contribution in [2.75, 3.05) is 0 Å². The minimum absolute atomic E-state index is 0.844. The third-order valence-electron chi connectivity index (χ3n) is 2.14. The molecule has 1 aliphatic carbocycles. The highest BCUT2D eigenvalue weighted by Crippen LogP contribution is 2.34. The zero-order valence-electron chi connectivity index (χ0n) is 6.44. The average Bonchev–Trinajstić information content (AvgIpc) is 1.88. The summed E-state index contributed by atoms with van der Waals surface area (Å²) >= 11 is 0. The quantitative estimate of drug-likeness (QED) is 0.501. The van der Waals surface area contributed by atoms with E-state index in [4.69, 9.17) is 0 Å². The van der Waals surface area contributed by atoms with Gasteiger partial charge < -0.3 is 0 Å². The van der Waals surface area contributed by atoms with Crippen molar-refractivity contribution >= 4 is 0 Å². The van der Waals surface area contributed by atoms with Crippen LogP contribution in [0.3, 0.4) is 0 Å². The SMILES string of the molecule is C/C=C\C1=C(C)C(C)C1. The van der Waals surface area contributed by atoms with Crippen molar-refractivity contribution in [3.63, 3.8) is 0 Å². The molecule has 0 spiro atoms. The van der Waals surface area contributed by atoms with Crippen LogP contribution >= 0.6 is 0 Å². The lowest BCUT2D eigenvalue weighted by Gasteiger charge is -2.26. The highest BCUT2D eigenvalue weighted by molar-refractivity contribution is 5.34. The molecule has 0 aliphatic heterocycles. The topological polar surface area (TPSA) is 0 Å². The van der Waals surface area contributed by atoms with Crippen molar-refractivity contribution in [3.05, 3.63) is 23.3 Å². The van der Waals surface area contributed by atoms with E-state index in [1.807, 2.05) is 0 Å². The van der Waals surface area contributed by atoms with Crippen molar-refractivity contribution in [1.82, 2.24) is 0 Å². The van der Waals surface area contributed by atoms with Crippen LogP contribution in [0.2, 0.25) is 0 Å². The fraction of sp³-hybridized carbons (Fsp3) is 0.556. The van der Waals surface area contributed by atoms with Crippen LogP contribution < -0.4 is 0 Å². The van der Waals surface area contributed by atoms with Crippen LogP contribution in [-0.4, -0.2) is 0 Å². The Kier molecular flexibility index (Phi) is 1.75. The van der Waals surface area contributed by atoms with E-state index < -0.39 is 0 Å². The van der Waals surface area contributed by atoms with Gasteiger partial charge in [-0.15, -0.1) is 0 Å². The van der Waals surface area contributed by atoms with Gasteiger partial charge in [-0.1, -0.05) is 24.6 Å². The Morgan fingerprint density at radius 3 is 2.56 bits per heavy atom. The van der Waals surface area contributed by atoms with Crippen LogP contribution in [0.15, 0.2) is 23.3 Å². The molecule has 0 amide bonds. The molecule has 0 N–H and O–H groups in total. The lowest BCUT2D eigenvalue weighted by atomic mass is 9.79. The van der Waals surface area contributed by atoms with Crippen LogP contribution in [0.25, 0.3) is 0 Å². The molecule has 0 saturated carbocycles. The average molecular weight is 122 g/mol. The number of hydrogen-bond acceptors (Lipinski definition) is 0. The first kappa shape index (κ1) is 6.60. The molecule has 1 unspecified atom stereocenters. The zero-order valence-corrected chi connectivity index (χ0v) is 6.44. The molecule has 0 heterocycles. The van der Waals surface area contributed by atoms with Crippen molar-refractivity contribution < 1.29 is 0 Å². The van der Waals surface area contributed by atoms with Crippen molar-refractivity contribution in [3.8, 4) is 0 Å². The maximum Gasteiger partial charge on any atom is -0.0188 e. The van der Waals surface area contributed by atoms with Crippen LogP contribution in [0, 0.1) is 5.92 Å². The molecule has 0 heteroatoms. The smallest absolute Gasteiger partial charge is 0.0188 e. The second-order valence-electron chi connectivity index (χ2n) is 2.81. The molecule has 0 aromatic heterocycles. The molecule has 1 aliphatic rings. The molecule has 0 aromatic rings. The van der Waals surface area contributed by atoms with Gasteiger partial charge in [0.2, 0.25) is 0 Å². The van der Waals surface area contributed by atoms with E-state index in [0.717, 1.165) is 5.92 Å². The molecule has 0 saturated heterocycles. The summed E-state index contributed by atoms with van der Waals surface area (Å²) in [5.74, 6) is 0.844. The zero-order chi connectivity index (χ0) is 6.85. The first-order valence-corrected chi connectivity index (χ1v) is 3.58. The molecule has 0 radical (unpaired) electrons. The Labute approximate surface area is 57.3 Å². The van der Waals surface area contributed by atoms with E-state index in [1.54, 1.807) is 11.1 Å². The number of hydrogen-bond donors (Lipinski definition) is 0. The van der Waals surface area contributed by atoms with Gasteiger partial charge in [-0.25, -0.2) is 0 Å². The van der Waals surface area contributed by atoms with Gasteiger partial charge >= 0.3 is 0 Å². The normalized spacial score (nSPS) is 27.2. The largest absolute Gasteiger partial charge is 0.0874 e. The lowest BCUT2D eigenvalue weighted by molar-refractivity contribution is 0.597. The lowest BCUT2D eigenvalue weighted by Crippen LogP contribution is -2.11. The molecule has 50 valence electrons. The summed E-state index contributed by atoms with van der Waals surface area (Å²) in [5, 5.41) is 0. The summed E-state index contributed by atoms with van der Waals surface area (Å²) in [5.41, 5.74) is 3.12. The van der Waals surface area contributed by atoms with Gasteiger partial charge in [0.25, 0.3) is 0 Å². The Morgan fingerprint density at radius 1 is 1.56 bits per heavy atom. The third-order valence-corrected chi connectivity index (χ3v) is 2.14. The molecule has 0 nitrogen and oxygen atoms in total. The Hall–Kier alpha value is -0.520. The monoisotopic (exact) mass is 122 g/mol. The van der Waals surface area contributed by atoms with Crippen molar-refractivity contribution in [2.45, 2.75) is 27.2 Å². The van der Waals surface area contributed by atoms with Gasteiger partial charge in [-0.2, -0.15) is 0 Å².